The molecule has 1 saturated heterocycles. The maximum absolute atomic E-state index is 12.5. The zero-order valence-corrected chi connectivity index (χ0v) is 15.2. The van der Waals surface area contributed by atoms with Crippen molar-refractivity contribution in [1.82, 2.24) is 14.8 Å². The SMILES string of the molecule is CN1CCN(C(=O)c2ccc(NCCc3ccc(Cl)cc3)cn2)CC1. The number of hydrogen-bond acceptors (Lipinski definition) is 4. The Balaban J connectivity index is 1.50. The highest BCUT2D eigenvalue weighted by atomic mass is 35.5. The molecule has 0 bridgehead atoms. The number of anilines is 1. The molecule has 5 nitrogen and oxygen atoms in total. The molecule has 0 spiro atoms. The van der Waals surface area contributed by atoms with Crippen LogP contribution in [0.25, 0.3) is 0 Å². The lowest BCUT2D eigenvalue weighted by Gasteiger charge is -2.32. The molecule has 1 aliphatic heterocycles. The van der Waals surface area contributed by atoms with E-state index in [1.54, 1.807) is 12.3 Å². The summed E-state index contributed by atoms with van der Waals surface area (Å²) in [4.78, 5) is 20.9. The predicted molar refractivity (Wildman–Crippen MR) is 101 cm³/mol. The number of hydrogen-bond donors (Lipinski definition) is 1. The smallest absolute Gasteiger partial charge is 0.272 e. The van der Waals surface area contributed by atoms with E-state index in [0.29, 0.717) is 5.69 Å². The molecule has 132 valence electrons. The summed E-state index contributed by atoms with van der Waals surface area (Å²) < 4.78 is 0. The van der Waals surface area contributed by atoms with Crippen LogP contribution in [0.2, 0.25) is 5.02 Å². The summed E-state index contributed by atoms with van der Waals surface area (Å²) >= 11 is 5.89. The van der Waals surface area contributed by atoms with Crippen LogP contribution in [0.4, 0.5) is 5.69 Å². The fourth-order valence-corrected chi connectivity index (χ4v) is 2.92. The third-order valence-electron chi connectivity index (χ3n) is 4.43. The standard InChI is InChI=1S/C19H23ClN4O/c1-23-10-12-24(13-11-23)19(25)18-7-6-17(14-22-18)21-9-8-15-2-4-16(20)5-3-15/h2-7,14,21H,8-13H2,1H3. The first-order valence-corrected chi connectivity index (χ1v) is 8.92. The van der Waals surface area contributed by atoms with Crippen molar-refractivity contribution in [1.29, 1.82) is 0 Å². The first-order valence-electron chi connectivity index (χ1n) is 8.54. The average molecular weight is 359 g/mol. The number of carbonyl (C=O) groups is 1. The third-order valence-corrected chi connectivity index (χ3v) is 4.68. The molecule has 0 saturated carbocycles. The van der Waals surface area contributed by atoms with Gasteiger partial charge in [0.15, 0.2) is 0 Å². The fourth-order valence-electron chi connectivity index (χ4n) is 2.80. The second-order valence-corrected chi connectivity index (χ2v) is 6.77. The lowest BCUT2D eigenvalue weighted by molar-refractivity contribution is 0.0658. The van der Waals surface area contributed by atoms with Crippen molar-refractivity contribution in [2.45, 2.75) is 6.42 Å². The van der Waals surface area contributed by atoms with Crippen LogP contribution in [0.1, 0.15) is 16.1 Å². The van der Waals surface area contributed by atoms with Gasteiger partial charge in [0, 0.05) is 37.7 Å². The second-order valence-electron chi connectivity index (χ2n) is 6.33. The van der Waals surface area contributed by atoms with Gasteiger partial charge in [0.1, 0.15) is 5.69 Å². The van der Waals surface area contributed by atoms with E-state index in [1.165, 1.54) is 5.56 Å². The Hall–Kier alpha value is -2.11. The van der Waals surface area contributed by atoms with Crippen molar-refractivity contribution in [3.05, 3.63) is 58.9 Å². The number of benzene rings is 1. The topological polar surface area (TPSA) is 48.5 Å². The van der Waals surface area contributed by atoms with Gasteiger partial charge in [0.25, 0.3) is 5.91 Å². The number of aromatic nitrogens is 1. The number of piperazine rings is 1. The molecule has 1 aromatic carbocycles. The molecule has 1 amide bonds. The van der Waals surface area contributed by atoms with Crippen molar-refractivity contribution in [3.8, 4) is 0 Å². The van der Waals surface area contributed by atoms with Crippen LogP contribution in [0.3, 0.4) is 0 Å². The molecule has 0 atom stereocenters. The second kappa shape index (κ2) is 8.32. The van der Waals surface area contributed by atoms with Crippen molar-refractivity contribution in [2.75, 3.05) is 45.1 Å². The minimum atomic E-state index is 0.0146. The van der Waals surface area contributed by atoms with E-state index in [2.05, 4.69) is 22.2 Å². The van der Waals surface area contributed by atoms with Crippen LogP contribution in [0, 0.1) is 0 Å². The fraction of sp³-hybridized carbons (Fsp3) is 0.368. The van der Waals surface area contributed by atoms with Crippen LogP contribution >= 0.6 is 11.6 Å². The molecule has 1 N–H and O–H groups in total. The maximum Gasteiger partial charge on any atom is 0.272 e. The normalized spacial score (nSPS) is 15.2. The number of nitrogens with one attached hydrogen (secondary N) is 1. The van der Waals surface area contributed by atoms with Gasteiger partial charge in [0.05, 0.1) is 11.9 Å². The highest BCUT2D eigenvalue weighted by Gasteiger charge is 2.21. The molecule has 1 fully saturated rings. The zero-order chi connectivity index (χ0) is 17.6. The average Bonchev–Trinajstić information content (AvgIpc) is 2.64. The van der Waals surface area contributed by atoms with E-state index in [-0.39, 0.29) is 5.91 Å². The van der Waals surface area contributed by atoms with Crippen LogP contribution in [0.15, 0.2) is 42.6 Å². The van der Waals surface area contributed by atoms with Crippen LogP contribution in [-0.2, 0) is 6.42 Å². The van der Waals surface area contributed by atoms with Gasteiger partial charge in [-0.1, -0.05) is 23.7 Å². The van der Waals surface area contributed by atoms with Crippen molar-refractivity contribution in [3.63, 3.8) is 0 Å². The Morgan fingerprint density at radius 3 is 2.48 bits per heavy atom. The van der Waals surface area contributed by atoms with E-state index >= 15 is 0 Å². The van der Waals surface area contributed by atoms with E-state index < -0.39 is 0 Å². The van der Waals surface area contributed by atoms with E-state index in [1.807, 2.05) is 35.2 Å². The van der Waals surface area contributed by atoms with Gasteiger partial charge >= 0.3 is 0 Å². The van der Waals surface area contributed by atoms with Crippen molar-refractivity contribution < 1.29 is 4.79 Å². The molecule has 0 aliphatic carbocycles. The number of halogens is 1. The summed E-state index contributed by atoms with van der Waals surface area (Å²) in [6, 6.07) is 11.6. The predicted octanol–water partition coefficient (Wildman–Crippen LogP) is 2.78. The van der Waals surface area contributed by atoms with Gasteiger partial charge < -0.3 is 15.1 Å². The number of amides is 1. The van der Waals surface area contributed by atoms with Gasteiger partial charge in [-0.3, -0.25) is 4.79 Å². The third kappa shape index (κ3) is 4.94. The highest BCUT2D eigenvalue weighted by molar-refractivity contribution is 6.30. The van der Waals surface area contributed by atoms with Crippen molar-refractivity contribution in [2.24, 2.45) is 0 Å². The largest absolute Gasteiger partial charge is 0.383 e. The summed E-state index contributed by atoms with van der Waals surface area (Å²) in [5.74, 6) is 0.0146. The Morgan fingerprint density at radius 1 is 1.12 bits per heavy atom. The summed E-state index contributed by atoms with van der Waals surface area (Å²) in [5, 5.41) is 4.08. The Bertz CT molecular complexity index is 694. The Morgan fingerprint density at radius 2 is 1.84 bits per heavy atom. The van der Waals surface area contributed by atoms with Crippen LogP contribution < -0.4 is 5.32 Å². The van der Waals surface area contributed by atoms with Gasteiger partial charge in [-0.2, -0.15) is 0 Å². The minimum absolute atomic E-state index is 0.0146. The number of rotatable bonds is 5. The van der Waals surface area contributed by atoms with E-state index in [0.717, 1.165) is 49.9 Å². The Kier molecular flexibility index (Phi) is 5.89. The molecule has 2 aromatic rings. The van der Waals surface area contributed by atoms with E-state index in [4.69, 9.17) is 11.6 Å². The lowest BCUT2D eigenvalue weighted by Crippen LogP contribution is -2.47. The highest BCUT2D eigenvalue weighted by Crippen LogP contribution is 2.12. The monoisotopic (exact) mass is 358 g/mol. The number of likely N-dealkylation sites (N-methyl/N-ethyl adjacent to an activating group) is 1. The summed E-state index contributed by atoms with van der Waals surface area (Å²) in [6.07, 6.45) is 2.63. The van der Waals surface area contributed by atoms with Crippen LogP contribution in [0.5, 0.6) is 0 Å². The molecular formula is C19H23ClN4O. The van der Waals surface area contributed by atoms with Crippen LogP contribution in [-0.4, -0.2) is 60.5 Å². The molecule has 25 heavy (non-hydrogen) atoms. The molecule has 0 radical (unpaired) electrons. The number of nitrogens with zero attached hydrogens (tertiary/aromatic N) is 3. The molecule has 0 unspecified atom stereocenters. The van der Waals surface area contributed by atoms with Gasteiger partial charge in [-0.15, -0.1) is 0 Å². The molecule has 2 heterocycles. The van der Waals surface area contributed by atoms with E-state index in [9.17, 15) is 4.79 Å². The van der Waals surface area contributed by atoms with Crippen molar-refractivity contribution >= 4 is 23.2 Å². The van der Waals surface area contributed by atoms with Gasteiger partial charge in [0.2, 0.25) is 0 Å². The first kappa shape index (κ1) is 17.7. The number of carbonyl (C=O) groups excluding carboxylic acids is 1. The summed E-state index contributed by atoms with van der Waals surface area (Å²) in [6.45, 7) is 4.15. The molecule has 3 rings (SSSR count). The lowest BCUT2D eigenvalue weighted by atomic mass is 10.1. The number of pyridine rings is 1. The maximum atomic E-state index is 12.5. The first-order chi connectivity index (χ1) is 12.1. The summed E-state index contributed by atoms with van der Waals surface area (Å²) in [7, 11) is 2.07. The molecule has 1 aromatic heterocycles. The molecule has 6 heteroatoms. The zero-order valence-electron chi connectivity index (χ0n) is 14.4. The van der Waals surface area contributed by atoms with Gasteiger partial charge in [-0.25, -0.2) is 4.98 Å². The minimum Gasteiger partial charge on any atom is -0.383 e. The summed E-state index contributed by atoms with van der Waals surface area (Å²) in [5.41, 5.74) is 2.66. The van der Waals surface area contributed by atoms with Gasteiger partial charge in [-0.05, 0) is 43.3 Å². The quantitative estimate of drug-likeness (QED) is 0.892. The Labute approximate surface area is 153 Å². The molecule has 1 aliphatic rings. The molecular weight excluding hydrogens is 336 g/mol.